The second-order valence-electron chi connectivity index (χ2n) is 6.71. The minimum Gasteiger partial charge on any atom is -0.492 e. The van der Waals surface area contributed by atoms with Gasteiger partial charge in [-0.3, -0.25) is 9.59 Å². The molecule has 2 aromatic carbocycles. The lowest BCUT2D eigenvalue weighted by atomic mass is 10.2. The van der Waals surface area contributed by atoms with Crippen molar-refractivity contribution in [2.24, 2.45) is 11.8 Å². The van der Waals surface area contributed by atoms with Gasteiger partial charge in [-0.15, -0.1) is 0 Å². The van der Waals surface area contributed by atoms with Crippen molar-refractivity contribution in [3.63, 3.8) is 0 Å². The Kier molecular flexibility index (Phi) is 5.06. The number of para-hydroxylation sites is 2. The smallest absolute Gasteiger partial charge is 0.228 e. The van der Waals surface area contributed by atoms with Crippen LogP contribution >= 0.6 is 0 Å². The lowest BCUT2D eigenvalue weighted by Gasteiger charge is -2.19. The van der Waals surface area contributed by atoms with Crippen LogP contribution in [0.25, 0.3) is 0 Å². The van der Waals surface area contributed by atoms with E-state index in [0.717, 1.165) is 0 Å². The van der Waals surface area contributed by atoms with Gasteiger partial charge in [-0.1, -0.05) is 12.1 Å². The highest BCUT2D eigenvalue weighted by Gasteiger charge is 2.48. The van der Waals surface area contributed by atoms with Crippen LogP contribution in [0.1, 0.15) is 13.3 Å². The minimum absolute atomic E-state index is 0.171. The number of nitrogens with one attached hydrogen (secondary N) is 2. The standard InChI is InChI=1S/C21H22N2O5/c1-2-26-17-6-4-3-5-16(17)23-21(25)15-12-14(15)20(24)22-13-7-8-18-19(11-13)28-10-9-27-18/h3-8,11,14-15H,2,9-10,12H2,1H3,(H,22,24)(H,23,25). The lowest BCUT2D eigenvalue weighted by molar-refractivity contribution is -0.122. The van der Waals surface area contributed by atoms with Crippen molar-refractivity contribution in [1.82, 2.24) is 0 Å². The highest BCUT2D eigenvalue weighted by Crippen LogP contribution is 2.41. The number of hydrogen-bond acceptors (Lipinski definition) is 5. The molecular formula is C21H22N2O5. The molecule has 0 aromatic heterocycles. The third-order valence-electron chi connectivity index (χ3n) is 4.72. The van der Waals surface area contributed by atoms with Gasteiger partial charge < -0.3 is 24.8 Å². The maximum atomic E-state index is 12.5. The van der Waals surface area contributed by atoms with Gasteiger partial charge in [-0.2, -0.15) is 0 Å². The maximum absolute atomic E-state index is 12.5. The van der Waals surface area contributed by atoms with E-state index in [1.165, 1.54) is 0 Å². The summed E-state index contributed by atoms with van der Waals surface area (Å²) in [5.41, 5.74) is 1.24. The van der Waals surface area contributed by atoms with Gasteiger partial charge >= 0.3 is 0 Å². The van der Waals surface area contributed by atoms with Gasteiger partial charge in [0, 0.05) is 11.8 Å². The summed E-state index contributed by atoms with van der Waals surface area (Å²) < 4.78 is 16.5. The van der Waals surface area contributed by atoms with E-state index in [1.54, 1.807) is 30.3 Å². The number of hydrogen-bond donors (Lipinski definition) is 2. The topological polar surface area (TPSA) is 85.9 Å². The molecule has 2 aliphatic rings. The van der Waals surface area contributed by atoms with Crippen LogP contribution in [0.15, 0.2) is 42.5 Å². The van der Waals surface area contributed by atoms with E-state index in [-0.39, 0.29) is 23.7 Å². The number of fused-ring (bicyclic) bond motifs is 1. The second kappa shape index (κ2) is 7.80. The lowest BCUT2D eigenvalue weighted by Crippen LogP contribution is -2.21. The monoisotopic (exact) mass is 382 g/mol. The Morgan fingerprint density at radius 2 is 1.71 bits per heavy atom. The molecule has 28 heavy (non-hydrogen) atoms. The number of carbonyl (C=O) groups is 2. The van der Waals surface area contributed by atoms with Crippen molar-refractivity contribution in [3.8, 4) is 17.2 Å². The molecule has 0 saturated heterocycles. The third-order valence-corrected chi connectivity index (χ3v) is 4.72. The quantitative estimate of drug-likeness (QED) is 0.802. The Bertz CT molecular complexity index is 898. The van der Waals surface area contributed by atoms with Gasteiger partial charge in [0.1, 0.15) is 19.0 Å². The van der Waals surface area contributed by atoms with Gasteiger partial charge in [0.15, 0.2) is 11.5 Å². The zero-order valence-corrected chi connectivity index (χ0v) is 15.6. The molecule has 2 N–H and O–H groups in total. The summed E-state index contributed by atoms with van der Waals surface area (Å²) in [6.07, 6.45) is 0.527. The summed E-state index contributed by atoms with van der Waals surface area (Å²) >= 11 is 0. The normalized spacial score (nSPS) is 19.5. The molecule has 1 fully saturated rings. The predicted molar refractivity (Wildman–Crippen MR) is 104 cm³/mol. The first-order valence-corrected chi connectivity index (χ1v) is 9.39. The molecule has 1 saturated carbocycles. The van der Waals surface area contributed by atoms with Crippen LogP contribution in [0.2, 0.25) is 0 Å². The van der Waals surface area contributed by atoms with Crippen LogP contribution in [-0.4, -0.2) is 31.6 Å². The summed E-state index contributed by atoms with van der Waals surface area (Å²) in [5, 5.41) is 5.72. The number of benzene rings is 2. The highest BCUT2D eigenvalue weighted by atomic mass is 16.6. The maximum Gasteiger partial charge on any atom is 0.228 e. The minimum atomic E-state index is -0.341. The molecular weight excluding hydrogens is 360 g/mol. The Balaban J connectivity index is 1.35. The van der Waals surface area contributed by atoms with Gasteiger partial charge in [0.2, 0.25) is 11.8 Å². The molecule has 1 aliphatic heterocycles. The van der Waals surface area contributed by atoms with Crippen LogP contribution in [-0.2, 0) is 9.59 Å². The largest absolute Gasteiger partial charge is 0.492 e. The van der Waals surface area contributed by atoms with Crippen molar-refractivity contribution in [1.29, 1.82) is 0 Å². The number of amides is 2. The average Bonchev–Trinajstić information content (AvgIpc) is 3.51. The first-order chi connectivity index (χ1) is 13.7. The molecule has 4 rings (SSSR count). The molecule has 7 heteroatoms. The van der Waals surface area contributed by atoms with Crippen LogP contribution < -0.4 is 24.8 Å². The van der Waals surface area contributed by atoms with Gasteiger partial charge in [0.25, 0.3) is 0 Å². The summed E-state index contributed by atoms with van der Waals surface area (Å²) in [6, 6.07) is 12.5. The van der Waals surface area contributed by atoms with Gasteiger partial charge in [0.05, 0.1) is 24.1 Å². The fourth-order valence-corrected chi connectivity index (χ4v) is 3.21. The van der Waals surface area contributed by atoms with E-state index >= 15 is 0 Å². The molecule has 0 bridgehead atoms. The second-order valence-corrected chi connectivity index (χ2v) is 6.71. The fourth-order valence-electron chi connectivity index (χ4n) is 3.21. The Morgan fingerprint density at radius 1 is 1.00 bits per heavy atom. The highest BCUT2D eigenvalue weighted by molar-refractivity contribution is 6.03. The Morgan fingerprint density at radius 3 is 2.50 bits per heavy atom. The number of rotatable bonds is 6. The van der Waals surface area contributed by atoms with Crippen molar-refractivity contribution in [3.05, 3.63) is 42.5 Å². The number of anilines is 2. The van der Waals surface area contributed by atoms with E-state index < -0.39 is 0 Å². The van der Waals surface area contributed by atoms with Crippen molar-refractivity contribution in [2.45, 2.75) is 13.3 Å². The van der Waals surface area contributed by atoms with E-state index in [9.17, 15) is 9.59 Å². The molecule has 1 heterocycles. The first kappa shape index (κ1) is 18.2. The van der Waals surface area contributed by atoms with Gasteiger partial charge in [-0.25, -0.2) is 0 Å². The molecule has 0 radical (unpaired) electrons. The zero-order valence-electron chi connectivity index (χ0n) is 15.6. The van der Waals surface area contributed by atoms with E-state index in [2.05, 4.69) is 10.6 Å². The first-order valence-electron chi connectivity index (χ1n) is 9.39. The zero-order chi connectivity index (χ0) is 19.5. The fraction of sp³-hybridized carbons (Fsp3) is 0.333. The summed E-state index contributed by atoms with van der Waals surface area (Å²) in [4.78, 5) is 25.0. The molecule has 2 unspecified atom stereocenters. The summed E-state index contributed by atoms with van der Waals surface area (Å²) in [7, 11) is 0. The molecule has 1 aliphatic carbocycles. The molecule has 2 aromatic rings. The van der Waals surface area contributed by atoms with Crippen molar-refractivity contribution in [2.75, 3.05) is 30.5 Å². The molecule has 2 amide bonds. The molecule has 0 spiro atoms. The third kappa shape index (κ3) is 3.88. The molecule has 146 valence electrons. The van der Waals surface area contributed by atoms with E-state index in [1.807, 2.05) is 19.1 Å². The summed E-state index contributed by atoms with van der Waals surface area (Å²) in [5.74, 6) is 0.877. The SMILES string of the molecule is CCOc1ccccc1NC(=O)C1CC1C(=O)Nc1ccc2c(c1)OCCO2. The number of ether oxygens (including phenoxy) is 3. The van der Waals surface area contributed by atoms with Crippen LogP contribution in [0.3, 0.4) is 0 Å². The van der Waals surface area contributed by atoms with E-state index in [4.69, 9.17) is 14.2 Å². The van der Waals surface area contributed by atoms with E-state index in [0.29, 0.717) is 54.9 Å². The predicted octanol–water partition coefficient (Wildman–Crippen LogP) is 3.07. The Labute approximate surface area is 163 Å². The van der Waals surface area contributed by atoms with Crippen LogP contribution in [0, 0.1) is 11.8 Å². The molecule has 2 atom stereocenters. The van der Waals surface area contributed by atoms with Crippen LogP contribution in [0.4, 0.5) is 11.4 Å². The Hall–Kier alpha value is -3.22. The van der Waals surface area contributed by atoms with Gasteiger partial charge in [-0.05, 0) is 37.6 Å². The summed E-state index contributed by atoms with van der Waals surface area (Å²) in [6.45, 7) is 3.40. The average molecular weight is 382 g/mol. The number of carbonyl (C=O) groups excluding carboxylic acids is 2. The van der Waals surface area contributed by atoms with Crippen LogP contribution in [0.5, 0.6) is 17.2 Å². The van der Waals surface area contributed by atoms with Crippen molar-refractivity contribution < 1.29 is 23.8 Å². The van der Waals surface area contributed by atoms with Crippen molar-refractivity contribution >= 4 is 23.2 Å². The molecule has 7 nitrogen and oxygen atoms in total.